The molecule has 158 valence electrons. The van der Waals surface area contributed by atoms with Crippen LogP contribution in [0.25, 0.3) is 10.9 Å². The second kappa shape index (κ2) is 7.98. The van der Waals surface area contributed by atoms with Crippen LogP contribution in [0.1, 0.15) is 44.0 Å². The summed E-state index contributed by atoms with van der Waals surface area (Å²) >= 11 is 0. The van der Waals surface area contributed by atoms with Crippen LogP contribution in [0, 0.1) is 0 Å². The van der Waals surface area contributed by atoms with Gasteiger partial charge in [0.2, 0.25) is 5.91 Å². The van der Waals surface area contributed by atoms with Crippen molar-refractivity contribution in [1.82, 2.24) is 9.55 Å². The molecule has 1 aliphatic carbocycles. The average molecular weight is 417 g/mol. The van der Waals surface area contributed by atoms with Gasteiger partial charge in [-0.15, -0.1) is 0 Å². The van der Waals surface area contributed by atoms with Crippen LogP contribution in [0.5, 0.6) is 5.75 Å². The van der Waals surface area contributed by atoms with Crippen molar-refractivity contribution in [3.05, 3.63) is 64.7 Å². The molecular formula is C24H23N3O4. The standard InChI is InChI=1S/C24H23N3O4/c28-22-6-3-15-26(22)16-9-11-18(12-10-16)31-23(29)14-13-21-25-20-5-2-1-4-19(20)24(30)27(21)17-7-8-17/h1-2,4-5,9-12,17H,3,6-8,13-15H2. The van der Waals surface area contributed by atoms with Gasteiger partial charge in [0.25, 0.3) is 5.56 Å². The fraction of sp³-hybridized carbons (Fsp3) is 0.333. The van der Waals surface area contributed by atoms with Gasteiger partial charge in [-0.25, -0.2) is 4.98 Å². The van der Waals surface area contributed by atoms with E-state index in [0.29, 0.717) is 35.3 Å². The number of hydrogen-bond donors (Lipinski definition) is 0. The van der Waals surface area contributed by atoms with Gasteiger partial charge in [-0.3, -0.25) is 19.0 Å². The van der Waals surface area contributed by atoms with E-state index in [1.54, 1.807) is 39.8 Å². The molecule has 1 amide bonds. The molecule has 2 aromatic carbocycles. The number of anilines is 1. The number of fused-ring (bicyclic) bond motifs is 1. The van der Waals surface area contributed by atoms with Gasteiger partial charge in [0.15, 0.2) is 0 Å². The van der Waals surface area contributed by atoms with Crippen LogP contribution in [0.15, 0.2) is 53.3 Å². The van der Waals surface area contributed by atoms with Crippen molar-refractivity contribution in [2.75, 3.05) is 11.4 Å². The van der Waals surface area contributed by atoms with Gasteiger partial charge in [-0.05, 0) is 55.7 Å². The van der Waals surface area contributed by atoms with Crippen LogP contribution >= 0.6 is 0 Å². The van der Waals surface area contributed by atoms with Crippen LogP contribution in [-0.2, 0) is 16.0 Å². The van der Waals surface area contributed by atoms with Crippen molar-refractivity contribution in [2.45, 2.75) is 44.6 Å². The van der Waals surface area contributed by atoms with Gasteiger partial charge in [-0.2, -0.15) is 0 Å². The summed E-state index contributed by atoms with van der Waals surface area (Å²) in [5.41, 5.74) is 1.43. The molecule has 31 heavy (non-hydrogen) atoms. The maximum atomic E-state index is 12.9. The predicted molar refractivity (Wildman–Crippen MR) is 116 cm³/mol. The van der Waals surface area contributed by atoms with Crippen LogP contribution in [0.4, 0.5) is 5.69 Å². The minimum Gasteiger partial charge on any atom is -0.427 e. The largest absolute Gasteiger partial charge is 0.427 e. The summed E-state index contributed by atoms with van der Waals surface area (Å²) in [6, 6.07) is 14.5. The third kappa shape index (κ3) is 3.95. The molecule has 7 heteroatoms. The van der Waals surface area contributed by atoms with Crippen molar-refractivity contribution in [3.63, 3.8) is 0 Å². The Hall–Kier alpha value is -3.48. The molecule has 5 rings (SSSR count). The van der Waals surface area contributed by atoms with Gasteiger partial charge in [0.1, 0.15) is 11.6 Å². The molecule has 0 bridgehead atoms. The summed E-state index contributed by atoms with van der Waals surface area (Å²) in [5, 5.41) is 0.609. The average Bonchev–Trinajstić information content (AvgIpc) is 3.52. The molecule has 2 aliphatic rings. The highest BCUT2D eigenvalue weighted by Crippen LogP contribution is 2.35. The Morgan fingerprint density at radius 3 is 2.55 bits per heavy atom. The molecular weight excluding hydrogens is 394 g/mol. The number of esters is 1. The summed E-state index contributed by atoms with van der Waals surface area (Å²) in [6.07, 6.45) is 3.84. The molecule has 3 aromatic rings. The summed E-state index contributed by atoms with van der Waals surface area (Å²) < 4.78 is 7.20. The normalized spacial score (nSPS) is 16.1. The number of rotatable bonds is 6. The Balaban J connectivity index is 1.28. The number of aromatic nitrogens is 2. The van der Waals surface area contributed by atoms with Crippen LogP contribution < -0.4 is 15.2 Å². The van der Waals surface area contributed by atoms with Crippen LogP contribution in [-0.4, -0.2) is 28.0 Å². The predicted octanol–water partition coefficient (Wildman–Crippen LogP) is 3.40. The van der Waals surface area contributed by atoms with Gasteiger partial charge in [0.05, 0.1) is 17.3 Å². The number of ether oxygens (including phenoxy) is 1. The SMILES string of the molecule is O=C(CCc1nc2ccccc2c(=O)n1C1CC1)Oc1ccc(N2CCCC2=O)cc1. The highest BCUT2D eigenvalue weighted by Gasteiger charge is 2.28. The number of carbonyl (C=O) groups excluding carboxylic acids is 2. The fourth-order valence-electron chi connectivity index (χ4n) is 4.09. The molecule has 0 N–H and O–H groups in total. The summed E-state index contributed by atoms with van der Waals surface area (Å²) in [5.74, 6) is 0.807. The van der Waals surface area contributed by atoms with Crippen molar-refractivity contribution >= 4 is 28.5 Å². The first kappa shape index (κ1) is 19.5. The Morgan fingerprint density at radius 2 is 1.84 bits per heavy atom. The van der Waals surface area contributed by atoms with Crippen molar-refractivity contribution in [2.24, 2.45) is 0 Å². The lowest BCUT2D eigenvalue weighted by Crippen LogP contribution is -2.25. The van der Waals surface area contributed by atoms with E-state index in [4.69, 9.17) is 4.74 Å². The number of hydrogen-bond acceptors (Lipinski definition) is 5. The molecule has 1 aromatic heterocycles. The van der Waals surface area contributed by atoms with Gasteiger partial charge >= 0.3 is 5.97 Å². The Kier molecular flexibility index (Phi) is 5.02. The number of para-hydroxylation sites is 1. The first-order valence-electron chi connectivity index (χ1n) is 10.7. The van der Waals surface area contributed by atoms with E-state index in [1.807, 2.05) is 18.2 Å². The van der Waals surface area contributed by atoms with E-state index < -0.39 is 0 Å². The van der Waals surface area contributed by atoms with E-state index in [2.05, 4.69) is 4.98 Å². The molecule has 0 spiro atoms. The van der Waals surface area contributed by atoms with Crippen molar-refractivity contribution in [1.29, 1.82) is 0 Å². The second-order valence-electron chi connectivity index (χ2n) is 8.07. The van der Waals surface area contributed by atoms with Crippen molar-refractivity contribution < 1.29 is 14.3 Å². The maximum Gasteiger partial charge on any atom is 0.311 e. The highest BCUT2D eigenvalue weighted by atomic mass is 16.5. The van der Waals surface area contributed by atoms with Gasteiger partial charge in [-0.1, -0.05) is 12.1 Å². The minimum absolute atomic E-state index is 0.0384. The van der Waals surface area contributed by atoms with Gasteiger partial charge in [0, 0.05) is 31.1 Å². The first-order valence-corrected chi connectivity index (χ1v) is 10.7. The minimum atomic E-state index is -0.380. The first-order chi connectivity index (χ1) is 15.1. The second-order valence-corrected chi connectivity index (χ2v) is 8.07. The zero-order valence-corrected chi connectivity index (χ0v) is 17.1. The molecule has 1 saturated carbocycles. The summed E-state index contributed by atoms with van der Waals surface area (Å²) in [6.45, 7) is 0.722. The van der Waals surface area contributed by atoms with E-state index in [9.17, 15) is 14.4 Å². The van der Waals surface area contributed by atoms with Crippen LogP contribution in [0.2, 0.25) is 0 Å². The molecule has 2 heterocycles. The van der Waals surface area contributed by atoms with E-state index in [-0.39, 0.29) is 29.9 Å². The third-order valence-corrected chi connectivity index (χ3v) is 5.80. The number of amides is 1. The fourth-order valence-corrected chi connectivity index (χ4v) is 4.09. The number of aryl methyl sites for hydroxylation is 1. The Bertz CT molecular complexity index is 1210. The molecule has 7 nitrogen and oxygen atoms in total. The monoisotopic (exact) mass is 417 g/mol. The maximum absolute atomic E-state index is 12.9. The van der Waals surface area contributed by atoms with E-state index in [1.165, 1.54) is 0 Å². The van der Waals surface area contributed by atoms with E-state index >= 15 is 0 Å². The summed E-state index contributed by atoms with van der Waals surface area (Å²) in [7, 11) is 0. The van der Waals surface area contributed by atoms with Gasteiger partial charge < -0.3 is 9.64 Å². The molecule has 0 radical (unpaired) electrons. The Labute approximate surface area is 179 Å². The summed E-state index contributed by atoms with van der Waals surface area (Å²) in [4.78, 5) is 43.6. The van der Waals surface area contributed by atoms with Crippen molar-refractivity contribution in [3.8, 4) is 5.75 Å². The number of carbonyl (C=O) groups is 2. The smallest absolute Gasteiger partial charge is 0.311 e. The molecule has 0 unspecified atom stereocenters. The molecule has 2 fully saturated rings. The lowest BCUT2D eigenvalue weighted by atomic mass is 10.2. The lowest BCUT2D eigenvalue weighted by Gasteiger charge is -2.16. The Morgan fingerprint density at radius 1 is 1.06 bits per heavy atom. The number of nitrogens with zero attached hydrogens (tertiary/aromatic N) is 3. The zero-order valence-electron chi connectivity index (χ0n) is 17.1. The van der Waals surface area contributed by atoms with E-state index in [0.717, 1.165) is 31.5 Å². The lowest BCUT2D eigenvalue weighted by molar-refractivity contribution is -0.134. The highest BCUT2D eigenvalue weighted by molar-refractivity contribution is 5.95. The third-order valence-electron chi connectivity index (χ3n) is 5.80. The quantitative estimate of drug-likeness (QED) is 0.454. The number of benzene rings is 2. The molecule has 1 saturated heterocycles. The zero-order chi connectivity index (χ0) is 21.4. The topological polar surface area (TPSA) is 81.5 Å². The van der Waals surface area contributed by atoms with Crippen LogP contribution in [0.3, 0.4) is 0 Å². The molecule has 1 aliphatic heterocycles. The molecule has 0 atom stereocenters.